The first-order valence-corrected chi connectivity index (χ1v) is 6.78. The van der Waals surface area contributed by atoms with Crippen LogP contribution in [0.3, 0.4) is 0 Å². The van der Waals surface area contributed by atoms with Crippen molar-refractivity contribution in [2.24, 2.45) is 5.92 Å². The van der Waals surface area contributed by atoms with E-state index >= 15 is 0 Å². The highest BCUT2D eigenvalue weighted by molar-refractivity contribution is 6.01. The zero-order valence-electron chi connectivity index (χ0n) is 12.1. The van der Waals surface area contributed by atoms with Crippen molar-refractivity contribution in [1.82, 2.24) is 9.55 Å². The molecule has 1 aromatic carbocycles. The Labute approximate surface area is 118 Å². The number of imidazole rings is 1. The molecule has 1 aromatic heterocycles. The molecule has 5 nitrogen and oxygen atoms in total. The third-order valence-electron chi connectivity index (χ3n) is 3.35. The van der Waals surface area contributed by atoms with E-state index in [2.05, 4.69) is 16.5 Å². The lowest BCUT2D eigenvalue weighted by Crippen LogP contribution is -2.14. The maximum atomic E-state index is 11.3. The van der Waals surface area contributed by atoms with Crippen LogP contribution in [-0.2, 0) is 17.7 Å². The number of aromatic nitrogens is 2. The van der Waals surface area contributed by atoms with Gasteiger partial charge in [0, 0.05) is 20.1 Å². The molecule has 20 heavy (non-hydrogen) atoms. The number of methoxy groups -OCH3 is 1. The monoisotopic (exact) mass is 276 g/mol. The highest BCUT2D eigenvalue weighted by atomic mass is 16.5. The van der Waals surface area contributed by atoms with Crippen LogP contribution in [0.1, 0.15) is 30.0 Å². The van der Waals surface area contributed by atoms with Crippen molar-refractivity contribution in [3.05, 3.63) is 29.6 Å². The van der Waals surface area contributed by atoms with Gasteiger partial charge in [-0.15, -0.1) is 0 Å². The van der Waals surface area contributed by atoms with Gasteiger partial charge in [0.2, 0.25) is 0 Å². The third kappa shape index (κ3) is 2.67. The number of carbonyl (C=O) groups is 1. The highest BCUT2D eigenvalue weighted by Gasteiger charge is 2.17. The van der Waals surface area contributed by atoms with Crippen LogP contribution >= 0.6 is 0 Å². The summed E-state index contributed by atoms with van der Waals surface area (Å²) >= 11 is 0. The van der Waals surface area contributed by atoms with Crippen molar-refractivity contribution in [3.63, 3.8) is 0 Å². The molecule has 108 valence electrons. The summed E-state index contributed by atoms with van der Waals surface area (Å²) in [5.41, 5.74) is 1.71. The Hall–Kier alpha value is -1.88. The fourth-order valence-corrected chi connectivity index (χ4v) is 2.49. The predicted octanol–water partition coefficient (Wildman–Crippen LogP) is 2.58. The summed E-state index contributed by atoms with van der Waals surface area (Å²) in [5.74, 6) is 0.320. The molecule has 0 amide bonds. The first-order valence-electron chi connectivity index (χ1n) is 6.78. The number of aryl methyl sites for hydroxylation is 1. The maximum Gasteiger partial charge on any atom is 0.337 e. The summed E-state index contributed by atoms with van der Waals surface area (Å²) in [6.07, 6.45) is 0.771. The Morgan fingerprint density at radius 1 is 1.50 bits per heavy atom. The Morgan fingerprint density at radius 3 is 2.85 bits per heavy atom. The summed E-state index contributed by atoms with van der Waals surface area (Å²) < 4.78 is 7.27. The summed E-state index contributed by atoms with van der Waals surface area (Å²) in [6.45, 7) is 5.58. The molecule has 1 heterocycles. The topological polar surface area (TPSA) is 64.3 Å². The van der Waals surface area contributed by atoms with Gasteiger partial charge in [-0.1, -0.05) is 19.9 Å². The van der Waals surface area contributed by atoms with Crippen LogP contribution in [-0.4, -0.2) is 34.3 Å². The Kier molecular flexibility index (Phi) is 4.39. The second-order valence-corrected chi connectivity index (χ2v) is 5.03. The first-order chi connectivity index (χ1) is 9.58. The van der Waals surface area contributed by atoms with Crippen molar-refractivity contribution in [3.8, 4) is 0 Å². The fraction of sp³-hybridized carbons (Fsp3) is 0.467. The first kappa shape index (κ1) is 14.5. The molecule has 0 fully saturated rings. The van der Waals surface area contributed by atoms with E-state index in [1.165, 1.54) is 0 Å². The van der Waals surface area contributed by atoms with Gasteiger partial charge in [-0.3, -0.25) is 0 Å². The summed E-state index contributed by atoms with van der Waals surface area (Å²) in [4.78, 5) is 15.8. The minimum absolute atomic E-state index is 0.260. The lowest BCUT2D eigenvalue weighted by Gasteiger charge is -2.14. The van der Waals surface area contributed by atoms with Crippen LogP contribution in [0.25, 0.3) is 11.0 Å². The van der Waals surface area contributed by atoms with Crippen LogP contribution in [0, 0.1) is 5.92 Å². The lowest BCUT2D eigenvalue weighted by atomic mass is 10.1. The van der Waals surface area contributed by atoms with Gasteiger partial charge in [0.25, 0.3) is 0 Å². The maximum absolute atomic E-state index is 11.3. The molecule has 0 spiro atoms. The number of hydrogen-bond donors (Lipinski definition) is 1. The fourth-order valence-electron chi connectivity index (χ4n) is 2.49. The largest absolute Gasteiger partial charge is 0.478 e. The number of carboxylic acid groups (broad SMARTS) is 1. The summed E-state index contributed by atoms with van der Waals surface area (Å²) in [6, 6.07) is 5.29. The van der Waals surface area contributed by atoms with Crippen molar-refractivity contribution >= 4 is 17.0 Å². The van der Waals surface area contributed by atoms with E-state index in [9.17, 15) is 9.90 Å². The number of ether oxygens (including phenoxy) is 1. The molecule has 0 bridgehead atoms. The smallest absolute Gasteiger partial charge is 0.337 e. The molecule has 2 aromatic rings. The van der Waals surface area contributed by atoms with Crippen LogP contribution in [0.2, 0.25) is 0 Å². The molecule has 1 N–H and O–H groups in total. The quantitative estimate of drug-likeness (QED) is 0.880. The molecule has 0 saturated carbocycles. The normalized spacial score (nSPS) is 12.8. The van der Waals surface area contributed by atoms with Gasteiger partial charge in [-0.25, -0.2) is 9.78 Å². The molecule has 0 aliphatic rings. The molecule has 0 saturated heterocycles. The van der Waals surface area contributed by atoms with E-state index in [0.29, 0.717) is 18.0 Å². The van der Waals surface area contributed by atoms with Crippen LogP contribution in [0.15, 0.2) is 18.2 Å². The van der Waals surface area contributed by atoms with E-state index in [1.807, 2.05) is 13.0 Å². The SMILES string of the molecule is CCc1nc2c(C(=O)O)cccc2n1CC(C)COC. The number of hydrogen-bond acceptors (Lipinski definition) is 3. The Morgan fingerprint density at radius 2 is 2.25 bits per heavy atom. The van der Waals surface area contributed by atoms with Crippen molar-refractivity contribution in [2.75, 3.05) is 13.7 Å². The van der Waals surface area contributed by atoms with Gasteiger partial charge in [0.15, 0.2) is 0 Å². The molecule has 0 radical (unpaired) electrons. The van der Waals surface area contributed by atoms with Gasteiger partial charge < -0.3 is 14.4 Å². The van der Waals surface area contributed by atoms with E-state index < -0.39 is 5.97 Å². The number of carboxylic acids is 1. The van der Waals surface area contributed by atoms with Gasteiger partial charge in [-0.2, -0.15) is 0 Å². The minimum Gasteiger partial charge on any atom is -0.478 e. The van der Waals surface area contributed by atoms with Crippen molar-refractivity contribution < 1.29 is 14.6 Å². The summed E-state index contributed by atoms with van der Waals surface area (Å²) in [5, 5.41) is 9.25. The van der Waals surface area contributed by atoms with Crippen molar-refractivity contribution in [1.29, 1.82) is 0 Å². The number of aromatic carboxylic acids is 1. The average molecular weight is 276 g/mol. The molecule has 2 rings (SSSR count). The number of fused-ring (bicyclic) bond motifs is 1. The molecule has 1 unspecified atom stereocenters. The van der Waals surface area contributed by atoms with Gasteiger partial charge in [0.05, 0.1) is 17.7 Å². The Bertz CT molecular complexity index is 619. The number of nitrogens with zero attached hydrogens (tertiary/aromatic N) is 2. The van der Waals surface area contributed by atoms with Gasteiger partial charge in [0.1, 0.15) is 11.3 Å². The third-order valence-corrected chi connectivity index (χ3v) is 3.35. The minimum atomic E-state index is -0.937. The number of para-hydroxylation sites is 1. The number of rotatable bonds is 6. The number of benzene rings is 1. The van der Waals surface area contributed by atoms with Crippen LogP contribution < -0.4 is 0 Å². The second-order valence-electron chi connectivity index (χ2n) is 5.03. The predicted molar refractivity (Wildman–Crippen MR) is 77.1 cm³/mol. The van der Waals surface area contributed by atoms with Gasteiger partial charge in [-0.05, 0) is 18.1 Å². The summed E-state index contributed by atoms with van der Waals surface area (Å²) in [7, 11) is 1.69. The molecule has 5 heteroatoms. The Balaban J connectivity index is 2.52. The van der Waals surface area contributed by atoms with Crippen LogP contribution in [0.5, 0.6) is 0 Å². The second kappa shape index (κ2) is 6.05. The van der Waals surface area contributed by atoms with E-state index in [1.54, 1.807) is 19.2 Å². The van der Waals surface area contributed by atoms with E-state index in [-0.39, 0.29) is 5.56 Å². The highest BCUT2D eigenvalue weighted by Crippen LogP contribution is 2.22. The average Bonchev–Trinajstić information content (AvgIpc) is 2.76. The zero-order valence-corrected chi connectivity index (χ0v) is 12.1. The van der Waals surface area contributed by atoms with E-state index in [4.69, 9.17) is 4.74 Å². The molecular formula is C15H20N2O3. The molecule has 0 aliphatic carbocycles. The molecule has 0 aliphatic heterocycles. The lowest BCUT2D eigenvalue weighted by molar-refractivity contribution is 0.0699. The van der Waals surface area contributed by atoms with Crippen molar-refractivity contribution in [2.45, 2.75) is 26.8 Å². The van der Waals surface area contributed by atoms with Gasteiger partial charge >= 0.3 is 5.97 Å². The molecule has 1 atom stereocenters. The standard InChI is InChI=1S/C15H20N2O3/c1-4-13-16-14-11(15(18)19)6-5-7-12(14)17(13)8-10(2)9-20-3/h5-7,10H,4,8-9H2,1-3H3,(H,18,19). The molecular weight excluding hydrogens is 256 g/mol. The van der Waals surface area contributed by atoms with E-state index in [0.717, 1.165) is 24.3 Å². The van der Waals surface area contributed by atoms with Crippen LogP contribution in [0.4, 0.5) is 0 Å². The zero-order chi connectivity index (χ0) is 14.7.